The van der Waals surface area contributed by atoms with Crippen LogP contribution in [0.25, 0.3) is 10.8 Å². The first-order valence-corrected chi connectivity index (χ1v) is 11.2. The Labute approximate surface area is 189 Å². The molecule has 0 aliphatic rings. The number of hydrogen-bond donors (Lipinski definition) is 3. The van der Waals surface area contributed by atoms with Crippen molar-refractivity contribution in [1.29, 1.82) is 0 Å². The van der Waals surface area contributed by atoms with Gasteiger partial charge in [-0.1, -0.05) is 63.7 Å². The molecule has 0 saturated heterocycles. The Bertz CT molecular complexity index is 1030. The van der Waals surface area contributed by atoms with Crippen LogP contribution in [0.4, 0.5) is 0 Å². The molecule has 0 radical (unpaired) electrons. The quantitative estimate of drug-likeness (QED) is 0.306. The zero-order chi connectivity index (χ0) is 22.8. The van der Waals surface area contributed by atoms with Crippen molar-refractivity contribution < 1.29 is 15.3 Å². The number of phenols is 3. The molecule has 162 valence electrons. The van der Waals surface area contributed by atoms with E-state index in [1.54, 1.807) is 48.2 Å². The van der Waals surface area contributed by atoms with E-state index in [-0.39, 0.29) is 11.5 Å². The molecule has 0 aromatic heterocycles. The van der Waals surface area contributed by atoms with Crippen LogP contribution in [0.1, 0.15) is 39.2 Å². The van der Waals surface area contributed by atoms with Crippen LogP contribution >= 0.6 is 11.8 Å². The minimum Gasteiger partial charge on any atom is -0.508 e. The van der Waals surface area contributed by atoms with E-state index >= 15 is 0 Å². The van der Waals surface area contributed by atoms with Gasteiger partial charge in [0.25, 0.3) is 0 Å². The van der Waals surface area contributed by atoms with Gasteiger partial charge in [0.05, 0.1) is 0 Å². The largest absolute Gasteiger partial charge is 0.508 e. The molecule has 0 spiro atoms. The first-order valence-electron chi connectivity index (χ1n) is 10.4. The third-order valence-corrected chi connectivity index (χ3v) is 5.44. The molecular formula is C27H30O3S. The Kier molecular flexibility index (Phi) is 9.29. The predicted octanol–water partition coefficient (Wildman–Crippen LogP) is 7.94. The van der Waals surface area contributed by atoms with E-state index in [1.807, 2.05) is 44.2 Å². The van der Waals surface area contributed by atoms with E-state index in [4.69, 9.17) is 10.2 Å². The maximum atomic E-state index is 9.31. The highest BCUT2D eigenvalue weighted by Crippen LogP contribution is 2.29. The second kappa shape index (κ2) is 11.9. The summed E-state index contributed by atoms with van der Waals surface area (Å²) in [6, 6.07) is 25.9. The van der Waals surface area contributed by atoms with Crippen LogP contribution in [0.3, 0.4) is 0 Å². The summed E-state index contributed by atoms with van der Waals surface area (Å²) in [5, 5.41) is 29.8. The van der Waals surface area contributed by atoms with Gasteiger partial charge in [0.2, 0.25) is 0 Å². The fourth-order valence-electron chi connectivity index (χ4n) is 2.78. The molecule has 0 aliphatic carbocycles. The normalized spacial score (nSPS) is 10.1. The molecule has 0 amide bonds. The van der Waals surface area contributed by atoms with Gasteiger partial charge in [-0.15, -0.1) is 0 Å². The molecule has 4 aromatic carbocycles. The average molecular weight is 435 g/mol. The molecule has 0 heterocycles. The Morgan fingerprint density at radius 1 is 0.548 bits per heavy atom. The Morgan fingerprint density at radius 3 is 1.45 bits per heavy atom. The lowest BCUT2D eigenvalue weighted by atomic mass is 9.99. The molecule has 4 aromatic rings. The zero-order valence-corrected chi connectivity index (χ0v) is 19.2. The first-order chi connectivity index (χ1) is 14.9. The predicted molar refractivity (Wildman–Crippen MR) is 131 cm³/mol. The highest BCUT2D eigenvalue weighted by atomic mass is 32.2. The number of phenolic OH excluding ortho intramolecular Hbond substituents is 3. The fraction of sp³-hybridized carbons (Fsp3) is 0.185. The SMILES string of the molecule is CC.CC(C)c1ccc2cc(O)ccc2c1.Oc1ccc(Sc2ccc(O)cc2)cc1. The lowest BCUT2D eigenvalue weighted by Gasteiger charge is -2.06. The average Bonchev–Trinajstić information content (AvgIpc) is 2.78. The van der Waals surface area contributed by atoms with Crippen molar-refractivity contribution in [1.82, 2.24) is 0 Å². The summed E-state index contributed by atoms with van der Waals surface area (Å²) in [6.07, 6.45) is 0. The second-order valence-corrected chi connectivity index (χ2v) is 8.18. The van der Waals surface area contributed by atoms with E-state index in [1.165, 1.54) is 10.9 Å². The van der Waals surface area contributed by atoms with E-state index in [9.17, 15) is 5.11 Å². The molecule has 3 nitrogen and oxygen atoms in total. The van der Waals surface area contributed by atoms with Gasteiger partial charge in [-0.25, -0.2) is 0 Å². The maximum Gasteiger partial charge on any atom is 0.116 e. The summed E-state index contributed by atoms with van der Waals surface area (Å²) >= 11 is 1.58. The van der Waals surface area contributed by atoms with Crippen LogP contribution in [0.15, 0.2) is 94.7 Å². The van der Waals surface area contributed by atoms with Gasteiger partial charge in [0, 0.05) is 9.79 Å². The molecule has 4 heteroatoms. The summed E-state index contributed by atoms with van der Waals surface area (Å²) in [6.45, 7) is 8.36. The lowest BCUT2D eigenvalue weighted by molar-refractivity contribution is 0.474. The minimum atomic E-state index is 0.269. The van der Waals surface area contributed by atoms with Gasteiger partial charge in [-0.3, -0.25) is 0 Å². The smallest absolute Gasteiger partial charge is 0.116 e. The van der Waals surface area contributed by atoms with E-state index < -0.39 is 0 Å². The van der Waals surface area contributed by atoms with Crippen molar-refractivity contribution in [2.24, 2.45) is 0 Å². The van der Waals surface area contributed by atoms with Crippen molar-refractivity contribution in [3.8, 4) is 17.2 Å². The third kappa shape index (κ3) is 7.58. The van der Waals surface area contributed by atoms with Crippen molar-refractivity contribution in [2.75, 3.05) is 0 Å². The van der Waals surface area contributed by atoms with E-state index in [2.05, 4.69) is 32.0 Å². The second-order valence-electron chi connectivity index (χ2n) is 7.04. The summed E-state index contributed by atoms with van der Waals surface area (Å²) in [5.41, 5.74) is 1.34. The standard InChI is InChI=1S/C13H14O.C12H10O2S.C2H6/c1-9(2)10-3-4-12-8-13(14)6-5-11(12)7-10;13-9-1-5-11(6-2-9)15-12-7-3-10(14)4-8-12;1-2/h3-9,14H,1-2H3;1-8,13-14H;1-2H3. The molecule has 0 aliphatic heterocycles. The highest BCUT2D eigenvalue weighted by molar-refractivity contribution is 7.99. The fourth-order valence-corrected chi connectivity index (χ4v) is 3.59. The summed E-state index contributed by atoms with van der Waals surface area (Å²) in [5.74, 6) is 1.41. The first kappa shape index (κ1) is 24.2. The summed E-state index contributed by atoms with van der Waals surface area (Å²) in [4.78, 5) is 2.11. The molecule has 0 atom stereocenters. The van der Waals surface area contributed by atoms with Gasteiger partial charge < -0.3 is 15.3 Å². The van der Waals surface area contributed by atoms with Gasteiger partial charge >= 0.3 is 0 Å². The van der Waals surface area contributed by atoms with Crippen LogP contribution in [0, 0.1) is 0 Å². The Balaban J connectivity index is 0.000000204. The molecular weight excluding hydrogens is 404 g/mol. The summed E-state index contributed by atoms with van der Waals surface area (Å²) in [7, 11) is 0. The molecule has 3 N–H and O–H groups in total. The number of hydrogen-bond acceptors (Lipinski definition) is 4. The Hall–Kier alpha value is -3.11. The van der Waals surface area contributed by atoms with Crippen LogP contribution in [0.2, 0.25) is 0 Å². The highest BCUT2D eigenvalue weighted by Gasteiger charge is 2.01. The van der Waals surface area contributed by atoms with Crippen molar-refractivity contribution in [3.05, 3.63) is 90.5 Å². The molecule has 0 bridgehead atoms. The van der Waals surface area contributed by atoms with Crippen LogP contribution in [-0.4, -0.2) is 15.3 Å². The zero-order valence-electron chi connectivity index (χ0n) is 18.4. The minimum absolute atomic E-state index is 0.269. The van der Waals surface area contributed by atoms with Crippen molar-refractivity contribution in [2.45, 2.75) is 43.4 Å². The van der Waals surface area contributed by atoms with Crippen LogP contribution in [0.5, 0.6) is 17.2 Å². The topological polar surface area (TPSA) is 60.7 Å². The molecule has 0 saturated carbocycles. The van der Waals surface area contributed by atoms with E-state index in [0.29, 0.717) is 11.7 Å². The van der Waals surface area contributed by atoms with Gasteiger partial charge in [0.15, 0.2) is 0 Å². The number of benzene rings is 4. The molecule has 0 unspecified atom stereocenters. The van der Waals surface area contributed by atoms with Gasteiger partial charge in [-0.05, 0) is 82.9 Å². The summed E-state index contributed by atoms with van der Waals surface area (Å²) < 4.78 is 0. The van der Waals surface area contributed by atoms with Crippen molar-refractivity contribution >= 4 is 22.5 Å². The van der Waals surface area contributed by atoms with Crippen LogP contribution in [-0.2, 0) is 0 Å². The monoisotopic (exact) mass is 434 g/mol. The number of fused-ring (bicyclic) bond motifs is 1. The van der Waals surface area contributed by atoms with Gasteiger partial charge in [0.1, 0.15) is 17.2 Å². The van der Waals surface area contributed by atoms with E-state index in [0.717, 1.165) is 15.2 Å². The molecule has 31 heavy (non-hydrogen) atoms. The number of rotatable bonds is 3. The number of aromatic hydroxyl groups is 3. The third-order valence-electron chi connectivity index (χ3n) is 4.42. The molecule has 4 rings (SSSR count). The van der Waals surface area contributed by atoms with Crippen LogP contribution < -0.4 is 0 Å². The van der Waals surface area contributed by atoms with Crippen molar-refractivity contribution in [3.63, 3.8) is 0 Å². The van der Waals surface area contributed by atoms with Gasteiger partial charge in [-0.2, -0.15) is 0 Å². The lowest BCUT2D eigenvalue weighted by Crippen LogP contribution is -1.86. The maximum absolute atomic E-state index is 9.31. The Morgan fingerprint density at radius 2 is 0.968 bits per heavy atom. The molecule has 0 fully saturated rings.